The van der Waals surface area contributed by atoms with E-state index >= 15 is 0 Å². The van der Waals surface area contributed by atoms with E-state index < -0.39 is 0 Å². The molecule has 144 valence electrons. The van der Waals surface area contributed by atoms with Crippen LogP contribution in [0.15, 0.2) is 4.99 Å². The molecule has 0 bridgehead atoms. The Balaban J connectivity index is 2.33. The number of nitrogens with zero attached hydrogens (tertiary/aromatic N) is 2. The van der Waals surface area contributed by atoms with Gasteiger partial charge in [-0.05, 0) is 39.5 Å². The maximum atomic E-state index is 11.7. The summed E-state index contributed by atoms with van der Waals surface area (Å²) in [5.74, 6) is 0.609. The van der Waals surface area contributed by atoms with Crippen LogP contribution in [0.2, 0.25) is 0 Å². The lowest BCUT2D eigenvalue weighted by Gasteiger charge is -2.32. The number of carbonyl (C=O) groups excluding carboxylic acids is 2. The highest BCUT2D eigenvalue weighted by Gasteiger charge is 2.23. The highest BCUT2D eigenvalue weighted by atomic mass is 16.6. The van der Waals surface area contributed by atoms with Crippen molar-refractivity contribution in [2.45, 2.75) is 52.0 Å². The van der Waals surface area contributed by atoms with Crippen molar-refractivity contribution in [1.82, 2.24) is 15.5 Å². The average Bonchev–Trinajstić information content (AvgIpc) is 2.62. The van der Waals surface area contributed by atoms with Gasteiger partial charge < -0.3 is 25.0 Å². The Kier molecular flexibility index (Phi) is 10.4. The third-order valence-corrected chi connectivity index (χ3v) is 3.99. The average molecular weight is 356 g/mol. The number of unbranched alkanes of at least 4 members (excludes halogenated alkanes) is 1. The molecule has 0 saturated carbocycles. The van der Waals surface area contributed by atoms with Crippen molar-refractivity contribution in [3.63, 3.8) is 0 Å². The van der Waals surface area contributed by atoms with Crippen LogP contribution in [0, 0.1) is 0 Å². The van der Waals surface area contributed by atoms with E-state index in [0.717, 1.165) is 38.2 Å². The number of rotatable bonds is 8. The summed E-state index contributed by atoms with van der Waals surface area (Å²) in [6.45, 7) is 7.08. The van der Waals surface area contributed by atoms with Crippen molar-refractivity contribution in [3.8, 4) is 0 Å². The van der Waals surface area contributed by atoms with Crippen molar-refractivity contribution < 1.29 is 19.1 Å². The van der Waals surface area contributed by atoms with E-state index in [0.29, 0.717) is 38.7 Å². The van der Waals surface area contributed by atoms with Gasteiger partial charge in [-0.1, -0.05) is 0 Å². The number of hydrogen-bond acceptors (Lipinski definition) is 5. The number of ether oxygens (including phenoxy) is 2. The summed E-state index contributed by atoms with van der Waals surface area (Å²) < 4.78 is 9.66. The molecule has 25 heavy (non-hydrogen) atoms. The fourth-order valence-corrected chi connectivity index (χ4v) is 2.61. The topological polar surface area (TPSA) is 92.3 Å². The monoisotopic (exact) mass is 356 g/mol. The summed E-state index contributed by atoms with van der Waals surface area (Å²) in [5.41, 5.74) is 0. The van der Waals surface area contributed by atoms with E-state index in [-0.39, 0.29) is 12.1 Å². The van der Waals surface area contributed by atoms with Gasteiger partial charge in [0.05, 0.1) is 13.7 Å². The van der Waals surface area contributed by atoms with Crippen LogP contribution in [-0.4, -0.2) is 68.9 Å². The number of esters is 1. The Morgan fingerprint density at radius 1 is 1.20 bits per heavy atom. The summed E-state index contributed by atoms with van der Waals surface area (Å²) in [6.07, 6.45) is 3.55. The van der Waals surface area contributed by atoms with Gasteiger partial charge in [-0.15, -0.1) is 0 Å². The Morgan fingerprint density at radius 2 is 1.92 bits per heavy atom. The minimum absolute atomic E-state index is 0.178. The maximum Gasteiger partial charge on any atom is 0.409 e. The van der Waals surface area contributed by atoms with Gasteiger partial charge in [-0.3, -0.25) is 9.79 Å². The van der Waals surface area contributed by atoms with Crippen molar-refractivity contribution in [3.05, 3.63) is 0 Å². The van der Waals surface area contributed by atoms with Gasteiger partial charge in [-0.25, -0.2) is 4.79 Å². The molecule has 1 fully saturated rings. The van der Waals surface area contributed by atoms with E-state index in [1.54, 1.807) is 4.90 Å². The number of methoxy groups -OCH3 is 1. The summed E-state index contributed by atoms with van der Waals surface area (Å²) in [7, 11) is 1.40. The third-order valence-electron chi connectivity index (χ3n) is 3.99. The predicted molar refractivity (Wildman–Crippen MR) is 96.6 cm³/mol. The van der Waals surface area contributed by atoms with Crippen molar-refractivity contribution in [2.24, 2.45) is 4.99 Å². The van der Waals surface area contributed by atoms with Crippen LogP contribution in [0.4, 0.5) is 4.79 Å². The largest absolute Gasteiger partial charge is 0.469 e. The van der Waals surface area contributed by atoms with E-state index in [9.17, 15) is 9.59 Å². The van der Waals surface area contributed by atoms with Crippen LogP contribution in [0.3, 0.4) is 0 Å². The molecule has 1 rings (SSSR count). The number of piperidine rings is 1. The zero-order valence-corrected chi connectivity index (χ0v) is 15.7. The molecule has 0 radical (unpaired) electrons. The lowest BCUT2D eigenvalue weighted by Crippen LogP contribution is -2.49. The van der Waals surface area contributed by atoms with E-state index in [4.69, 9.17) is 4.74 Å². The molecule has 0 aromatic rings. The predicted octanol–water partition coefficient (Wildman–Crippen LogP) is 1.51. The molecule has 1 saturated heterocycles. The molecular formula is C17H32N4O4. The third kappa shape index (κ3) is 8.60. The Labute approximate surface area is 150 Å². The first-order valence-corrected chi connectivity index (χ1v) is 9.14. The fraction of sp³-hybridized carbons (Fsp3) is 0.824. The number of carbonyl (C=O) groups is 2. The van der Waals surface area contributed by atoms with Crippen LogP contribution in [-0.2, 0) is 14.3 Å². The Hall–Kier alpha value is -1.99. The summed E-state index contributed by atoms with van der Waals surface area (Å²) in [6, 6.07) is 0.290. The number of likely N-dealkylation sites (tertiary alicyclic amines) is 1. The highest BCUT2D eigenvalue weighted by Crippen LogP contribution is 2.11. The standard InChI is InChI=1S/C17H32N4O4/c1-4-18-16(19-11-7-6-8-15(22)24-3)20-14-9-12-21(13-10-14)17(23)25-5-2/h14H,4-13H2,1-3H3,(H2,18,19,20). The van der Waals surface area contributed by atoms with Gasteiger partial charge in [0.2, 0.25) is 0 Å². The van der Waals surface area contributed by atoms with Gasteiger partial charge in [0, 0.05) is 38.6 Å². The molecule has 1 aliphatic rings. The smallest absolute Gasteiger partial charge is 0.409 e. The molecule has 1 amide bonds. The number of aliphatic imine (C=N–C) groups is 1. The van der Waals surface area contributed by atoms with Gasteiger partial charge in [0.15, 0.2) is 5.96 Å². The minimum Gasteiger partial charge on any atom is -0.469 e. The second-order valence-electron chi connectivity index (χ2n) is 5.90. The maximum absolute atomic E-state index is 11.7. The summed E-state index contributed by atoms with van der Waals surface area (Å²) in [5, 5.41) is 6.66. The lowest BCUT2D eigenvalue weighted by atomic mass is 10.1. The molecule has 0 spiro atoms. The number of hydrogen-bond donors (Lipinski definition) is 2. The molecule has 0 aliphatic carbocycles. The molecule has 8 nitrogen and oxygen atoms in total. The van der Waals surface area contributed by atoms with E-state index in [1.165, 1.54) is 7.11 Å². The molecule has 0 unspecified atom stereocenters. The second kappa shape index (κ2) is 12.4. The fourth-order valence-electron chi connectivity index (χ4n) is 2.61. The Morgan fingerprint density at radius 3 is 2.52 bits per heavy atom. The molecule has 1 heterocycles. The minimum atomic E-state index is -0.230. The first-order valence-electron chi connectivity index (χ1n) is 9.14. The van der Waals surface area contributed by atoms with Crippen LogP contribution >= 0.6 is 0 Å². The van der Waals surface area contributed by atoms with E-state index in [2.05, 4.69) is 20.4 Å². The second-order valence-corrected chi connectivity index (χ2v) is 5.90. The Bertz CT molecular complexity index is 434. The van der Waals surface area contributed by atoms with Crippen LogP contribution in [0.5, 0.6) is 0 Å². The van der Waals surface area contributed by atoms with Gasteiger partial charge in [0.25, 0.3) is 0 Å². The van der Waals surface area contributed by atoms with Gasteiger partial charge in [0.1, 0.15) is 0 Å². The molecular weight excluding hydrogens is 324 g/mol. The highest BCUT2D eigenvalue weighted by molar-refractivity contribution is 5.80. The van der Waals surface area contributed by atoms with Crippen molar-refractivity contribution in [1.29, 1.82) is 0 Å². The molecule has 1 aliphatic heterocycles. The quantitative estimate of drug-likeness (QED) is 0.296. The number of amides is 1. The van der Waals surface area contributed by atoms with E-state index in [1.807, 2.05) is 13.8 Å². The normalized spacial score (nSPS) is 15.6. The number of nitrogens with one attached hydrogen (secondary N) is 2. The van der Waals surface area contributed by atoms with Crippen molar-refractivity contribution >= 4 is 18.0 Å². The molecule has 8 heteroatoms. The van der Waals surface area contributed by atoms with Crippen LogP contribution < -0.4 is 10.6 Å². The molecule has 0 aromatic carbocycles. The van der Waals surface area contributed by atoms with Gasteiger partial charge >= 0.3 is 12.1 Å². The molecule has 0 aromatic heterocycles. The first-order chi connectivity index (χ1) is 12.1. The lowest BCUT2D eigenvalue weighted by molar-refractivity contribution is -0.140. The van der Waals surface area contributed by atoms with Gasteiger partial charge in [-0.2, -0.15) is 0 Å². The zero-order valence-electron chi connectivity index (χ0n) is 15.7. The number of guanidine groups is 1. The summed E-state index contributed by atoms with van der Waals surface area (Å²) >= 11 is 0. The van der Waals surface area contributed by atoms with Crippen LogP contribution in [0.25, 0.3) is 0 Å². The zero-order chi connectivity index (χ0) is 18.5. The first kappa shape index (κ1) is 21.1. The summed E-state index contributed by atoms with van der Waals surface area (Å²) in [4.78, 5) is 29.1. The SMILES string of the molecule is CCNC(=NCCCCC(=O)OC)NC1CCN(C(=O)OCC)CC1. The molecule has 0 atom stereocenters. The van der Waals surface area contributed by atoms with Crippen LogP contribution in [0.1, 0.15) is 46.0 Å². The molecule has 2 N–H and O–H groups in total. The van der Waals surface area contributed by atoms with Crippen molar-refractivity contribution in [2.75, 3.05) is 39.9 Å².